The summed E-state index contributed by atoms with van der Waals surface area (Å²) in [7, 11) is -4.68. The minimum absolute atomic E-state index is 0. The van der Waals surface area contributed by atoms with E-state index in [1.165, 1.54) is 6.33 Å². The molecule has 1 aliphatic heterocycles. The molecule has 7 N–H and O–H groups in total. The van der Waals surface area contributed by atoms with Gasteiger partial charge in [-0.05, 0) is 31.0 Å². The third-order valence-corrected chi connectivity index (χ3v) is 6.08. The Morgan fingerprint density at radius 3 is 2.40 bits per heavy atom. The van der Waals surface area contributed by atoms with E-state index in [0.29, 0.717) is 31.0 Å². The third-order valence-electron chi connectivity index (χ3n) is 5.36. The Bertz CT molecular complexity index is 1140. The average molecular weight is 537 g/mol. The number of aromatic amines is 1. The Morgan fingerprint density at radius 1 is 1.17 bits per heavy atom. The van der Waals surface area contributed by atoms with Gasteiger partial charge in [-0.25, -0.2) is 14.5 Å². The van der Waals surface area contributed by atoms with Crippen molar-refractivity contribution >= 4 is 54.9 Å². The number of rotatable bonds is 6. The van der Waals surface area contributed by atoms with E-state index < -0.39 is 20.3 Å². The molecule has 1 amide bonds. The second-order valence-corrected chi connectivity index (χ2v) is 9.06. The number of nitrogens with zero attached hydrogens (tertiary/aromatic N) is 4. The number of piperidine rings is 1. The molecule has 0 aliphatic carbocycles. The van der Waals surface area contributed by atoms with Gasteiger partial charge in [0.25, 0.3) is 0 Å². The Labute approximate surface area is 228 Å². The number of hydrogen-bond donors (Lipinski definition) is 3. The average Bonchev–Trinajstić information content (AvgIpc) is 3.23. The molecule has 1 saturated heterocycles. The van der Waals surface area contributed by atoms with Gasteiger partial charge in [0, 0.05) is 76.6 Å². The van der Waals surface area contributed by atoms with Crippen molar-refractivity contribution in [1.29, 1.82) is 0 Å². The molecule has 15 heteroatoms. The molecule has 12 nitrogen and oxygen atoms in total. The van der Waals surface area contributed by atoms with E-state index in [1.807, 2.05) is 18.2 Å². The fraction of sp³-hybridized carbons (Fsp3) is 0.300. The van der Waals surface area contributed by atoms with Crippen molar-refractivity contribution in [3.05, 3.63) is 53.6 Å². The molecular weight excluding hydrogens is 512 g/mol. The number of hydrogen-bond acceptors (Lipinski definition) is 6. The van der Waals surface area contributed by atoms with Crippen LogP contribution in [0.5, 0.6) is 0 Å². The van der Waals surface area contributed by atoms with Crippen LogP contribution in [0.4, 0.5) is 0 Å². The molecule has 1 radical (unpaired) electrons. The topological polar surface area (TPSA) is 205 Å². The van der Waals surface area contributed by atoms with E-state index in [4.69, 9.17) is 21.4 Å². The Kier molecular flexibility index (Phi) is 12.1. The first-order valence-corrected chi connectivity index (χ1v) is 11.8. The molecule has 3 heterocycles. The van der Waals surface area contributed by atoms with Gasteiger partial charge in [0.05, 0.1) is 5.69 Å². The van der Waals surface area contributed by atoms with Crippen LogP contribution in [-0.2, 0) is 13.9 Å². The number of nitrogens with one attached hydrogen (secondary N) is 1. The SMILES string of the molecule is O.O.O=C(COP(=O)(O)O)N1CCC(c2[nH]nc(-c3ccc(Cl)cc3)c2-c2ccncn2)CC1.[Na]. The Balaban J connectivity index is 0.00000204. The van der Waals surface area contributed by atoms with E-state index in [-0.39, 0.29) is 46.4 Å². The van der Waals surface area contributed by atoms with Crippen molar-refractivity contribution in [3.8, 4) is 22.5 Å². The summed E-state index contributed by atoms with van der Waals surface area (Å²) in [6.07, 6.45) is 4.47. The first-order chi connectivity index (χ1) is 15.3. The van der Waals surface area contributed by atoms with Crippen LogP contribution in [0.1, 0.15) is 24.5 Å². The van der Waals surface area contributed by atoms with Crippen molar-refractivity contribution < 1.29 is 34.6 Å². The van der Waals surface area contributed by atoms with Gasteiger partial charge in [-0.2, -0.15) is 5.10 Å². The van der Waals surface area contributed by atoms with Crippen molar-refractivity contribution in [2.75, 3.05) is 19.7 Å². The van der Waals surface area contributed by atoms with Gasteiger partial charge in [-0.1, -0.05) is 23.7 Å². The van der Waals surface area contributed by atoms with E-state index in [0.717, 1.165) is 28.2 Å². The minimum atomic E-state index is -4.68. The number of phosphoric ester groups is 1. The fourth-order valence-electron chi connectivity index (χ4n) is 3.81. The van der Waals surface area contributed by atoms with Gasteiger partial charge in [0.2, 0.25) is 5.91 Å². The monoisotopic (exact) mass is 536 g/mol. The van der Waals surface area contributed by atoms with Crippen molar-refractivity contribution in [2.24, 2.45) is 0 Å². The summed E-state index contributed by atoms with van der Waals surface area (Å²) in [5.74, 6) is -0.352. The molecule has 1 aromatic carbocycles. The van der Waals surface area contributed by atoms with Crippen molar-refractivity contribution in [3.63, 3.8) is 0 Å². The molecule has 0 spiro atoms. The minimum Gasteiger partial charge on any atom is -0.412 e. The standard InChI is InChI=1S/C20H21ClN5O5P.Na.2H2O/c21-15-3-1-13(2-4-15)19-18(16-5-8-22-12-23-16)20(25-24-19)14-6-9-26(10-7-14)17(27)11-31-32(28,29)30;;;/h1-5,8,12,14H,6-7,9-11H2,(H,24,25)(H2,28,29,30);;2*1H2. The van der Waals surface area contributed by atoms with Gasteiger partial charge in [0.15, 0.2) is 0 Å². The Morgan fingerprint density at radius 2 is 1.83 bits per heavy atom. The molecular formula is C20H25ClN5NaO7P. The first kappa shape index (κ1) is 31.3. The van der Waals surface area contributed by atoms with Crippen LogP contribution >= 0.6 is 19.4 Å². The number of H-pyrrole nitrogens is 1. The summed E-state index contributed by atoms with van der Waals surface area (Å²) in [6.45, 7) is 0.227. The largest absolute Gasteiger partial charge is 0.470 e. The number of carbonyl (C=O) groups excluding carboxylic acids is 1. The number of carbonyl (C=O) groups is 1. The van der Waals surface area contributed by atoms with Gasteiger partial charge < -0.3 is 25.6 Å². The van der Waals surface area contributed by atoms with Crippen LogP contribution in [0, 0.1) is 0 Å². The van der Waals surface area contributed by atoms with E-state index >= 15 is 0 Å². The van der Waals surface area contributed by atoms with Crippen LogP contribution in [0.3, 0.4) is 0 Å². The summed E-state index contributed by atoms with van der Waals surface area (Å²) in [5.41, 5.74) is 4.19. The summed E-state index contributed by atoms with van der Waals surface area (Å²) in [5, 5.41) is 8.37. The molecule has 185 valence electrons. The number of likely N-dealkylation sites (tertiary alicyclic amines) is 1. The maximum absolute atomic E-state index is 12.2. The zero-order chi connectivity index (χ0) is 22.7. The normalized spacial score (nSPS) is 13.9. The van der Waals surface area contributed by atoms with E-state index in [9.17, 15) is 9.36 Å². The zero-order valence-corrected chi connectivity index (χ0v) is 22.5. The second kappa shape index (κ2) is 13.6. The van der Waals surface area contributed by atoms with Gasteiger partial charge in [-0.15, -0.1) is 0 Å². The fourth-order valence-corrected chi connectivity index (χ4v) is 4.22. The molecule has 3 aromatic rings. The molecule has 0 unspecified atom stereocenters. The number of amides is 1. The quantitative estimate of drug-likeness (QED) is 0.305. The summed E-state index contributed by atoms with van der Waals surface area (Å²) in [6, 6.07) is 9.23. The Hall–Kier alpha value is -1.70. The number of halogens is 1. The maximum Gasteiger partial charge on any atom is 0.470 e. The zero-order valence-electron chi connectivity index (χ0n) is 18.9. The van der Waals surface area contributed by atoms with Gasteiger partial charge in [0.1, 0.15) is 18.6 Å². The van der Waals surface area contributed by atoms with E-state index in [2.05, 4.69) is 24.7 Å². The van der Waals surface area contributed by atoms with Crippen LogP contribution in [-0.4, -0.2) is 101 Å². The van der Waals surface area contributed by atoms with Crippen LogP contribution in [0.15, 0.2) is 42.9 Å². The van der Waals surface area contributed by atoms with Crippen LogP contribution in [0.2, 0.25) is 5.02 Å². The number of phosphoric acid groups is 1. The van der Waals surface area contributed by atoms with Gasteiger partial charge >= 0.3 is 7.82 Å². The first-order valence-electron chi connectivity index (χ1n) is 9.90. The summed E-state index contributed by atoms with van der Waals surface area (Å²) < 4.78 is 15.2. The summed E-state index contributed by atoms with van der Waals surface area (Å²) in [4.78, 5) is 39.8. The number of aromatic nitrogens is 4. The molecule has 1 aliphatic rings. The molecule has 0 saturated carbocycles. The molecule has 1 fully saturated rings. The predicted molar refractivity (Wildman–Crippen MR) is 130 cm³/mol. The molecule has 4 rings (SSSR count). The van der Waals surface area contributed by atoms with E-state index in [1.54, 1.807) is 23.2 Å². The smallest absolute Gasteiger partial charge is 0.412 e. The summed E-state index contributed by atoms with van der Waals surface area (Å²) >= 11 is 6.04. The number of benzene rings is 1. The molecule has 0 atom stereocenters. The molecule has 0 bridgehead atoms. The maximum atomic E-state index is 12.2. The predicted octanol–water partition coefficient (Wildman–Crippen LogP) is 0.972. The van der Waals surface area contributed by atoms with Gasteiger partial charge in [-0.3, -0.25) is 14.4 Å². The van der Waals surface area contributed by atoms with Crippen molar-refractivity contribution in [2.45, 2.75) is 18.8 Å². The van der Waals surface area contributed by atoms with Crippen molar-refractivity contribution in [1.82, 2.24) is 25.1 Å². The molecule has 2 aromatic heterocycles. The third kappa shape index (κ3) is 7.89. The van der Waals surface area contributed by atoms with Crippen LogP contribution in [0.25, 0.3) is 22.5 Å². The second-order valence-electron chi connectivity index (χ2n) is 7.38. The van der Waals surface area contributed by atoms with Crippen LogP contribution < -0.4 is 0 Å². The molecule has 35 heavy (non-hydrogen) atoms.